The highest BCUT2D eigenvalue weighted by Crippen LogP contribution is 2.23. The number of hydrogen-bond acceptors (Lipinski definition) is 7. The van der Waals surface area contributed by atoms with E-state index in [1.54, 1.807) is 13.3 Å². The largest absolute Gasteiger partial charge is 0.398 e. The van der Waals surface area contributed by atoms with Gasteiger partial charge in [-0.1, -0.05) is 19.1 Å². The molecule has 0 aliphatic carbocycles. The molecule has 0 bridgehead atoms. The molecule has 5 N–H and O–H groups in total. The van der Waals surface area contributed by atoms with Crippen molar-refractivity contribution in [1.29, 1.82) is 0 Å². The number of aliphatic hydroxyl groups is 1. The van der Waals surface area contributed by atoms with Crippen LogP contribution in [0.3, 0.4) is 0 Å². The minimum atomic E-state index is -0.510. The summed E-state index contributed by atoms with van der Waals surface area (Å²) >= 11 is 0. The number of aryl methyl sites for hydroxylation is 2. The van der Waals surface area contributed by atoms with E-state index in [-0.39, 0.29) is 6.04 Å². The fourth-order valence-electron chi connectivity index (χ4n) is 3.15. The van der Waals surface area contributed by atoms with Gasteiger partial charge in [0, 0.05) is 18.8 Å². The monoisotopic (exact) mass is 383 g/mol. The van der Waals surface area contributed by atoms with E-state index >= 15 is 0 Å². The molecule has 3 aromatic rings. The van der Waals surface area contributed by atoms with E-state index in [0.717, 1.165) is 35.4 Å². The number of aliphatic hydroxyl groups excluding tert-OH is 1. The maximum Gasteiger partial charge on any atom is 0.227 e. The number of aromatic nitrogens is 4. The Morgan fingerprint density at radius 2 is 2.04 bits per heavy atom. The molecule has 8 heteroatoms. The lowest BCUT2D eigenvalue weighted by Crippen LogP contribution is -2.31. The van der Waals surface area contributed by atoms with Gasteiger partial charge >= 0.3 is 0 Å². The van der Waals surface area contributed by atoms with Crippen LogP contribution in [0.2, 0.25) is 0 Å². The Kier molecular flexibility index (Phi) is 5.99. The van der Waals surface area contributed by atoms with Crippen LogP contribution in [0.1, 0.15) is 38.3 Å². The molecule has 2 heterocycles. The van der Waals surface area contributed by atoms with Gasteiger partial charge in [0.05, 0.1) is 18.5 Å². The maximum absolute atomic E-state index is 9.96. The van der Waals surface area contributed by atoms with E-state index in [1.165, 1.54) is 0 Å². The van der Waals surface area contributed by atoms with Gasteiger partial charge in [0.1, 0.15) is 0 Å². The van der Waals surface area contributed by atoms with Crippen LogP contribution in [0, 0.1) is 6.92 Å². The summed E-state index contributed by atoms with van der Waals surface area (Å²) in [7, 11) is 0. The molecule has 3 rings (SSSR count). The van der Waals surface area contributed by atoms with Crippen LogP contribution >= 0.6 is 0 Å². The van der Waals surface area contributed by atoms with Gasteiger partial charge in [-0.3, -0.25) is 0 Å². The Hall–Kier alpha value is -2.87. The molecule has 0 aliphatic heterocycles. The molecule has 0 aliphatic rings. The van der Waals surface area contributed by atoms with Crippen molar-refractivity contribution in [1.82, 2.24) is 19.5 Å². The van der Waals surface area contributed by atoms with Gasteiger partial charge in [0.15, 0.2) is 17.0 Å². The Morgan fingerprint density at radius 1 is 1.25 bits per heavy atom. The number of nitrogen functional groups attached to an aromatic ring is 1. The summed E-state index contributed by atoms with van der Waals surface area (Å²) in [6.07, 6.45) is 2.01. The van der Waals surface area contributed by atoms with Gasteiger partial charge in [0.2, 0.25) is 5.95 Å². The molecule has 1 aromatic carbocycles. The first-order valence-electron chi connectivity index (χ1n) is 9.69. The Balaban J connectivity index is 1.94. The van der Waals surface area contributed by atoms with Crippen molar-refractivity contribution in [2.75, 3.05) is 16.4 Å². The van der Waals surface area contributed by atoms with E-state index in [2.05, 4.69) is 25.6 Å². The van der Waals surface area contributed by atoms with Crippen molar-refractivity contribution in [3.05, 3.63) is 35.7 Å². The summed E-state index contributed by atoms with van der Waals surface area (Å²) in [5, 5.41) is 16.6. The third-order valence-corrected chi connectivity index (χ3v) is 4.89. The van der Waals surface area contributed by atoms with Gasteiger partial charge in [-0.15, -0.1) is 0 Å². The predicted octanol–water partition coefficient (Wildman–Crippen LogP) is 2.92. The highest BCUT2D eigenvalue weighted by molar-refractivity contribution is 5.84. The van der Waals surface area contributed by atoms with E-state index in [4.69, 9.17) is 5.73 Å². The van der Waals surface area contributed by atoms with Crippen LogP contribution in [-0.4, -0.2) is 36.8 Å². The number of benzene rings is 1. The second-order valence-electron chi connectivity index (χ2n) is 7.05. The summed E-state index contributed by atoms with van der Waals surface area (Å²) in [6.45, 7) is 9.12. The first kappa shape index (κ1) is 19.9. The van der Waals surface area contributed by atoms with E-state index in [1.807, 2.05) is 43.5 Å². The Labute approximate surface area is 165 Å². The summed E-state index contributed by atoms with van der Waals surface area (Å²) in [6, 6.07) is 5.88. The molecule has 28 heavy (non-hydrogen) atoms. The van der Waals surface area contributed by atoms with Gasteiger partial charge in [0.25, 0.3) is 0 Å². The van der Waals surface area contributed by atoms with Crippen molar-refractivity contribution in [2.45, 2.75) is 59.4 Å². The normalized spacial score (nSPS) is 13.5. The predicted molar refractivity (Wildman–Crippen MR) is 113 cm³/mol. The second kappa shape index (κ2) is 8.43. The number of hydrogen-bond donors (Lipinski definition) is 4. The molecule has 0 fully saturated rings. The lowest BCUT2D eigenvalue weighted by Gasteiger charge is -2.20. The number of anilines is 3. The maximum atomic E-state index is 9.96. The summed E-state index contributed by atoms with van der Waals surface area (Å²) in [4.78, 5) is 13.7. The van der Waals surface area contributed by atoms with Crippen LogP contribution < -0.4 is 16.4 Å². The number of imidazole rings is 1. The smallest absolute Gasteiger partial charge is 0.227 e. The van der Waals surface area contributed by atoms with Crippen LogP contribution in [0.15, 0.2) is 24.5 Å². The van der Waals surface area contributed by atoms with Crippen LogP contribution in [-0.2, 0) is 13.1 Å². The third kappa shape index (κ3) is 4.17. The van der Waals surface area contributed by atoms with Gasteiger partial charge < -0.3 is 26.0 Å². The van der Waals surface area contributed by atoms with Gasteiger partial charge in [-0.2, -0.15) is 9.97 Å². The zero-order valence-electron chi connectivity index (χ0n) is 16.9. The Bertz CT molecular complexity index is 951. The van der Waals surface area contributed by atoms with Crippen LogP contribution in [0.4, 0.5) is 17.5 Å². The third-order valence-electron chi connectivity index (χ3n) is 4.89. The highest BCUT2D eigenvalue weighted by Gasteiger charge is 2.17. The summed E-state index contributed by atoms with van der Waals surface area (Å²) < 4.78 is 1.97. The molecule has 0 radical (unpaired) electrons. The molecule has 8 nitrogen and oxygen atoms in total. The van der Waals surface area contributed by atoms with Crippen LogP contribution in [0.25, 0.3) is 11.2 Å². The molecular weight excluding hydrogens is 354 g/mol. The fourth-order valence-corrected chi connectivity index (χ4v) is 3.15. The molecular formula is C20H29N7O. The molecule has 0 spiro atoms. The first-order chi connectivity index (χ1) is 13.4. The number of fused-ring (bicyclic) bond motifs is 1. The number of nitrogens with one attached hydrogen (secondary N) is 2. The van der Waals surface area contributed by atoms with Crippen molar-refractivity contribution in [3.63, 3.8) is 0 Å². The minimum absolute atomic E-state index is 0.129. The van der Waals surface area contributed by atoms with E-state index in [0.29, 0.717) is 23.8 Å². The van der Waals surface area contributed by atoms with Crippen molar-refractivity contribution < 1.29 is 5.11 Å². The average molecular weight is 384 g/mol. The van der Waals surface area contributed by atoms with Crippen LogP contribution in [0.5, 0.6) is 0 Å². The molecule has 0 saturated carbocycles. The van der Waals surface area contributed by atoms with E-state index in [9.17, 15) is 5.11 Å². The zero-order valence-corrected chi connectivity index (χ0v) is 16.9. The van der Waals surface area contributed by atoms with Gasteiger partial charge in [-0.05, 0) is 44.4 Å². The molecule has 2 unspecified atom stereocenters. The number of nitrogens with zero attached hydrogens (tertiary/aromatic N) is 4. The molecule has 2 atom stereocenters. The quantitative estimate of drug-likeness (QED) is 0.442. The van der Waals surface area contributed by atoms with Crippen molar-refractivity contribution >= 4 is 28.6 Å². The SMILES string of the molecule is CCC(Nc1nc(NCc2ccc(C)cc2N)c2ncn(CC)c2n1)C(C)O. The number of nitrogens with two attached hydrogens (primary N) is 1. The highest BCUT2D eigenvalue weighted by atomic mass is 16.3. The first-order valence-corrected chi connectivity index (χ1v) is 9.69. The standard InChI is InChI=1S/C20H29N7O/c1-5-16(13(4)28)24-20-25-18(17-19(26-20)27(6-2)11-23-17)22-10-14-8-7-12(3)9-15(14)21/h7-9,11,13,16,28H,5-6,10,21H2,1-4H3,(H2,22,24,25,26). The lowest BCUT2D eigenvalue weighted by atomic mass is 10.1. The summed E-state index contributed by atoms with van der Waals surface area (Å²) in [5.41, 5.74) is 10.5. The van der Waals surface area contributed by atoms with Gasteiger partial charge in [-0.25, -0.2) is 4.98 Å². The molecule has 0 saturated heterocycles. The minimum Gasteiger partial charge on any atom is -0.398 e. The molecule has 150 valence electrons. The second-order valence-corrected chi connectivity index (χ2v) is 7.05. The molecule has 0 amide bonds. The summed E-state index contributed by atoms with van der Waals surface area (Å²) in [5.74, 6) is 1.11. The molecule has 2 aromatic heterocycles. The topological polar surface area (TPSA) is 114 Å². The van der Waals surface area contributed by atoms with Crippen molar-refractivity contribution in [3.8, 4) is 0 Å². The lowest BCUT2D eigenvalue weighted by molar-refractivity contribution is 0.169. The van der Waals surface area contributed by atoms with Crippen molar-refractivity contribution in [2.24, 2.45) is 0 Å². The average Bonchev–Trinajstić information content (AvgIpc) is 3.08. The fraction of sp³-hybridized carbons (Fsp3) is 0.450. The number of rotatable bonds is 8. The van der Waals surface area contributed by atoms with E-state index < -0.39 is 6.10 Å². The zero-order chi connectivity index (χ0) is 20.3. The Morgan fingerprint density at radius 3 is 2.68 bits per heavy atom.